The molecule has 0 spiro atoms. The highest BCUT2D eigenvalue weighted by atomic mass is 16.6. The number of ether oxygens (including phenoxy) is 3. The highest BCUT2D eigenvalue weighted by Gasteiger charge is 2.29. The molecule has 0 saturated carbocycles. The van der Waals surface area contributed by atoms with Crippen LogP contribution in [0.2, 0.25) is 0 Å². The molecule has 0 aromatic heterocycles. The van der Waals surface area contributed by atoms with Gasteiger partial charge in [0.05, 0.1) is 0 Å². The predicted molar refractivity (Wildman–Crippen MR) is 87.5 cm³/mol. The molecule has 0 N–H and O–H groups in total. The topological polar surface area (TPSA) is 61.8 Å². The monoisotopic (exact) mass is 326 g/mol. The van der Waals surface area contributed by atoms with E-state index in [-0.39, 0.29) is 19.0 Å². The van der Waals surface area contributed by atoms with Crippen LogP contribution in [0.4, 0.5) is 0 Å². The molecule has 1 atom stereocenters. The Kier molecular flexibility index (Phi) is 4.79. The lowest BCUT2D eigenvalue weighted by atomic mass is 10.1. The first-order valence-corrected chi connectivity index (χ1v) is 7.84. The lowest BCUT2D eigenvalue weighted by molar-refractivity contribution is -0.153. The molecule has 1 aliphatic heterocycles. The van der Waals surface area contributed by atoms with Gasteiger partial charge in [0.2, 0.25) is 6.10 Å². The summed E-state index contributed by atoms with van der Waals surface area (Å²) in [5.41, 5.74) is 1.67. The summed E-state index contributed by atoms with van der Waals surface area (Å²) in [6.07, 6.45) is 0.0411. The molecule has 0 unspecified atom stereocenters. The van der Waals surface area contributed by atoms with E-state index in [9.17, 15) is 9.59 Å². The maximum Gasteiger partial charge on any atom is 0.351 e. The van der Waals surface area contributed by atoms with Gasteiger partial charge >= 0.3 is 5.97 Å². The Bertz CT molecular complexity index is 736. The number of Topliss-reactive ketones (excluding diaryl/α,β-unsaturated/α-hetero) is 1. The maximum atomic E-state index is 12.1. The van der Waals surface area contributed by atoms with Crippen molar-refractivity contribution in [2.24, 2.45) is 0 Å². The van der Waals surface area contributed by atoms with E-state index in [1.54, 1.807) is 30.3 Å². The molecule has 0 bridgehead atoms. The van der Waals surface area contributed by atoms with E-state index in [1.807, 2.05) is 25.1 Å². The van der Waals surface area contributed by atoms with Crippen LogP contribution < -0.4 is 9.47 Å². The molecule has 2 aromatic carbocycles. The van der Waals surface area contributed by atoms with Gasteiger partial charge in [-0.15, -0.1) is 0 Å². The van der Waals surface area contributed by atoms with Crippen molar-refractivity contribution in [3.8, 4) is 11.5 Å². The Morgan fingerprint density at radius 1 is 1.08 bits per heavy atom. The molecule has 5 nitrogen and oxygen atoms in total. The fourth-order valence-corrected chi connectivity index (χ4v) is 2.37. The first-order valence-electron chi connectivity index (χ1n) is 7.84. The number of hydrogen-bond acceptors (Lipinski definition) is 5. The van der Waals surface area contributed by atoms with Crippen LogP contribution in [-0.4, -0.2) is 31.1 Å². The summed E-state index contributed by atoms with van der Waals surface area (Å²) in [5, 5.41) is 0. The van der Waals surface area contributed by atoms with Gasteiger partial charge in [0.1, 0.15) is 6.61 Å². The second-order valence-corrected chi connectivity index (χ2v) is 5.45. The number of fused-ring (bicyclic) bond motifs is 1. The summed E-state index contributed by atoms with van der Waals surface area (Å²) < 4.78 is 16.1. The maximum absolute atomic E-state index is 12.1. The molecule has 1 aliphatic rings. The zero-order valence-corrected chi connectivity index (χ0v) is 13.4. The van der Waals surface area contributed by atoms with E-state index in [2.05, 4.69) is 0 Å². The van der Waals surface area contributed by atoms with Gasteiger partial charge in [0, 0.05) is 5.56 Å². The average Bonchev–Trinajstić information content (AvgIpc) is 2.65. The minimum absolute atomic E-state index is 0.0647. The molecule has 2 aromatic rings. The molecule has 0 fully saturated rings. The molecule has 3 rings (SSSR count). The molecule has 24 heavy (non-hydrogen) atoms. The van der Waals surface area contributed by atoms with Crippen molar-refractivity contribution in [3.05, 3.63) is 59.7 Å². The zero-order chi connectivity index (χ0) is 16.9. The van der Waals surface area contributed by atoms with Crippen molar-refractivity contribution < 1.29 is 23.8 Å². The van der Waals surface area contributed by atoms with Crippen LogP contribution >= 0.6 is 0 Å². The van der Waals surface area contributed by atoms with Crippen LogP contribution in [0.25, 0.3) is 0 Å². The number of rotatable bonds is 5. The van der Waals surface area contributed by atoms with E-state index in [4.69, 9.17) is 14.2 Å². The van der Waals surface area contributed by atoms with Crippen LogP contribution in [0.3, 0.4) is 0 Å². The van der Waals surface area contributed by atoms with Crippen molar-refractivity contribution in [3.63, 3.8) is 0 Å². The molecular weight excluding hydrogens is 308 g/mol. The van der Waals surface area contributed by atoms with Gasteiger partial charge in [0.25, 0.3) is 0 Å². The first-order chi connectivity index (χ1) is 11.7. The van der Waals surface area contributed by atoms with Crippen LogP contribution in [-0.2, 0) is 16.0 Å². The second kappa shape index (κ2) is 7.17. The summed E-state index contributed by atoms with van der Waals surface area (Å²) in [7, 11) is 0. The molecule has 0 amide bonds. The summed E-state index contributed by atoms with van der Waals surface area (Å²) >= 11 is 0. The Morgan fingerprint density at radius 3 is 2.50 bits per heavy atom. The number of carbonyl (C=O) groups is 2. The lowest BCUT2D eigenvalue weighted by Gasteiger charge is -2.24. The lowest BCUT2D eigenvalue weighted by Crippen LogP contribution is -2.38. The minimum Gasteiger partial charge on any atom is -0.485 e. The highest BCUT2D eigenvalue weighted by molar-refractivity contribution is 5.98. The molecule has 1 heterocycles. The Labute approximate surface area is 140 Å². The summed E-state index contributed by atoms with van der Waals surface area (Å²) in [5.74, 6) is 0.229. The average molecular weight is 326 g/mol. The van der Waals surface area contributed by atoms with Crippen molar-refractivity contribution >= 4 is 11.8 Å². The van der Waals surface area contributed by atoms with Crippen molar-refractivity contribution in [2.75, 3.05) is 13.2 Å². The highest BCUT2D eigenvalue weighted by Crippen LogP contribution is 2.31. The normalized spacial score (nSPS) is 15.6. The SMILES string of the molecule is CCc1ccc(C(=O)COC(=O)[C@H]2COc3ccccc3O2)cc1. The van der Waals surface area contributed by atoms with Crippen molar-refractivity contribution in [1.82, 2.24) is 0 Å². The molecule has 0 saturated heterocycles. The zero-order valence-electron chi connectivity index (χ0n) is 13.4. The first kappa shape index (κ1) is 16.1. The number of hydrogen-bond donors (Lipinski definition) is 0. The third kappa shape index (κ3) is 3.56. The molecular formula is C19H18O5. The van der Waals surface area contributed by atoms with Gasteiger partial charge in [-0.2, -0.15) is 0 Å². The third-order valence-corrected chi connectivity index (χ3v) is 3.80. The summed E-state index contributed by atoms with van der Waals surface area (Å²) in [6, 6.07) is 14.4. The molecule has 0 aliphatic carbocycles. The summed E-state index contributed by atoms with van der Waals surface area (Å²) in [6.45, 7) is 1.80. The standard InChI is InChI=1S/C19H18O5/c1-2-13-7-9-14(10-8-13)15(20)11-23-19(21)18-12-22-16-5-3-4-6-17(16)24-18/h3-10,18H,2,11-12H2,1H3/t18-/m1/s1. The van der Waals surface area contributed by atoms with Crippen LogP contribution in [0.1, 0.15) is 22.8 Å². The molecule has 0 radical (unpaired) electrons. The van der Waals surface area contributed by atoms with Gasteiger partial charge in [-0.1, -0.05) is 43.3 Å². The molecule has 5 heteroatoms. The quantitative estimate of drug-likeness (QED) is 0.624. The van der Waals surface area contributed by atoms with Crippen LogP contribution in [0, 0.1) is 0 Å². The van der Waals surface area contributed by atoms with Gasteiger partial charge in [-0.05, 0) is 24.1 Å². The van der Waals surface area contributed by atoms with E-state index >= 15 is 0 Å². The fourth-order valence-electron chi connectivity index (χ4n) is 2.37. The van der Waals surface area contributed by atoms with Crippen molar-refractivity contribution in [2.45, 2.75) is 19.4 Å². The third-order valence-electron chi connectivity index (χ3n) is 3.80. The Balaban J connectivity index is 1.55. The van der Waals surface area contributed by atoms with Crippen LogP contribution in [0.5, 0.6) is 11.5 Å². The smallest absolute Gasteiger partial charge is 0.351 e. The predicted octanol–water partition coefficient (Wildman–Crippen LogP) is 2.81. The number of aryl methyl sites for hydroxylation is 1. The number of carbonyl (C=O) groups excluding carboxylic acids is 2. The van der Waals surface area contributed by atoms with Crippen LogP contribution in [0.15, 0.2) is 48.5 Å². The van der Waals surface area contributed by atoms with Gasteiger partial charge in [-0.3, -0.25) is 4.79 Å². The number of benzene rings is 2. The largest absolute Gasteiger partial charge is 0.485 e. The van der Waals surface area contributed by atoms with E-state index < -0.39 is 12.1 Å². The van der Waals surface area contributed by atoms with E-state index in [0.29, 0.717) is 17.1 Å². The van der Waals surface area contributed by atoms with Crippen molar-refractivity contribution in [1.29, 1.82) is 0 Å². The van der Waals surface area contributed by atoms with Gasteiger partial charge < -0.3 is 14.2 Å². The van der Waals surface area contributed by atoms with Gasteiger partial charge in [-0.25, -0.2) is 4.79 Å². The Morgan fingerprint density at radius 2 is 1.79 bits per heavy atom. The Hall–Kier alpha value is -2.82. The number of esters is 1. The summed E-state index contributed by atoms with van der Waals surface area (Å²) in [4.78, 5) is 24.1. The number of para-hydroxylation sites is 2. The second-order valence-electron chi connectivity index (χ2n) is 5.45. The van der Waals surface area contributed by atoms with Gasteiger partial charge in [0.15, 0.2) is 23.9 Å². The van der Waals surface area contributed by atoms with E-state index in [1.165, 1.54) is 0 Å². The van der Waals surface area contributed by atoms with E-state index in [0.717, 1.165) is 12.0 Å². The number of ketones is 1. The fraction of sp³-hybridized carbons (Fsp3) is 0.263. The molecule has 124 valence electrons. The minimum atomic E-state index is -0.866.